The van der Waals surface area contributed by atoms with Gasteiger partial charge in [0.2, 0.25) is 0 Å². The van der Waals surface area contributed by atoms with Gasteiger partial charge in [0.25, 0.3) is 0 Å². The van der Waals surface area contributed by atoms with Crippen LogP contribution in [0, 0.1) is 0 Å². The smallest absolute Gasteiger partial charge is 0.0558 e. The van der Waals surface area contributed by atoms with E-state index in [1.54, 1.807) is 0 Å². The summed E-state index contributed by atoms with van der Waals surface area (Å²) in [5.41, 5.74) is 0. The molecule has 0 heterocycles. The third-order valence-electron chi connectivity index (χ3n) is 7.55. The summed E-state index contributed by atoms with van der Waals surface area (Å²) in [5.74, 6) is 0. The van der Waals surface area contributed by atoms with Gasteiger partial charge in [0.15, 0.2) is 0 Å². The van der Waals surface area contributed by atoms with Crippen molar-refractivity contribution in [2.75, 3.05) is 85.3 Å². The predicted molar refractivity (Wildman–Crippen MR) is 166 cm³/mol. The van der Waals surface area contributed by atoms with Crippen molar-refractivity contribution in [2.24, 2.45) is 0 Å². The highest BCUT2D eigenvalue weighted by atomic mass is 16.3. The van der Waals surface area contributed by atoms with Crippen molar-refractivity contribution in [3.8, 4) is 0 Å². The topological polar surface area (TPSA) is 90.6 Å². The van der Waals surface area contributed by atoms with E-state index in [0.717, 1.165) is 45.6 Å². The lowest BCUT2D eigenvalue weighted by molar-refractivity contribution is 0.145. The summed E-state index contributed by atoms with van der Waals surface area (Å²) in [7, 11) is 0. The van der Waals surface area contributed by atoms with Crippen LogP contribution in [0.1, 0.15) is 110 Å². The molecule has 0 aliphatic rings. The lowest BCUT2D eigenvalue weighted by Crippen LogP contribution is -2.36. The molecule has 7 nitrogen and oxygen atoms in total. The molecule has 0 radical (unpaired) electrons. The van der Waals surface area contributed by atoms with Crippen LogP contribution in [0.5, 0.6) is 0 Å². The van der Waals surface area contributed by atoms with E-state index in [9.17, 15) is 20.4 Å². The standard InChI is InChI=1S/C32H67N3O4/c1-2-3-4-5-6-7-8-9-10-11-12-13-14-15-16-17-20-33(21-18-23-34(25-29-36)26-30-37)22-19-24-35(27-31-38)28-32-39/h9-10,36-39H,2-8,11-32H2,1H3/b10-9-. The van der Waals surface area contributed by atoms with Gasteiger partial charge in [0.1, 0.15) is 0 Å². The van der Waals surface area contributed by atoms with Gasteiger partial charge in [0.05, 0.1) is 26.4 Å². The fraction of sp³-hybridized carbons (Fsp3) is 0.938. The van der Waals surface area contributed by atoms with Crippen LogP contribution in [0.3, 0.4) is 0 Å². The first-order valence-electron chi connectivity index (χ1n) is 16.5. The Kier molecular flexibility index (Phi) is 31.5. The first-order chi connectivity index (χ1) is 19.2. The number of hydrogen-bond acceptors (Lipinski definition) is 7. The average Bonchev–Trinajstić information content (AvgIpc) is 2.93. The molecule has 0 fully saturated rings. The zero-order valence-corrected chi connectivity index (χ0v) is 25.8. The van der Waals surface area contributed by atoms with Gasteiger partial charge in [-0.15, -0.1) is 0 Å². The Balaban J connectivity index is 4.10. The molecule has 0 bridgehead atoms. The van der Waals surface area contributed by atoms with Gasteiger partial charge in [-0.25, -0.2) is 0 Å². The van der Waals surface area contributed by atoms with E-state index in [-0.39, 0.29) is 26.4 Å². The van der Waals surface area contributed by atoms with Crippen LogP contribution in [0.15, 0.2) is 12.2 Å². The molecule has 0 rings (SSSR count). The number of hydrogen-bond donors (Lipinski definition) is 4. The highest BCUT2D eigenvalue weighted by molar-refractivity contribution is 4.81. The van der Waals surface area contributed by atoms with Crippen LogP contribution in [0.2, 0.25) is 0 Å². The highest BCUT2D eigenvalue weighted by Crippen LogP contribution is 2.11. The summed E-state index contributed by atoms with van der Waals surface area (Å²) in [6.45, 7) is 10.2. The molecule has 0 amide bonds. The van der Waals surface area contributed by atoms with Crippen molar-refractivity contribution in [2.45, 2.75) is 110 Å². The Morgan fingerprint density at radius 1 is 0.359 bits per heavy atom. The van der Waals surface area contributed by atoms with E-state index in [2.05, 4.69) is 33.8 Å². The molecule has 4 N–H and O–H groups in total. The fourth-order valence-corrected chi connectivity index (χ4v) is 5.19. The highest BCUT2D eigenvalue weighted by Gasteiger charge is 2.10. The van der Waals surface area contributed by atoms with Crippen LogP contribution < -0.4 is 0 Å². The molecule has 0 unspecified atom stereocenters. The van der Waals surface area contributed by atoms with E-state index < -0.39 is 0 Å². The van der Waals surface area contributed by atoms with Gasteiger partial charge in [-0.05, 0) is 77.7 Å². The van der Waals surface area contributed by atoms with Crippen molar-refractivity contribution in [1.82, 2.24) is 14.7 Å². The molecule has 0 atom stereocenters. The third kappa shape index (κ3) is 27.4. The van der Waals surface area contributed by atoms with Crippen LogP contribution >= 0.6 is 0 Å². The second-order valence-corrected chi connectivity index (χ2v) is 11.1. The quantitative estimate of drug-likeness (QED) is 0.0705. The normalized spacial score (nSPS) is 12.2. The van der Waals surface area contributed by atoms with Crippen molar-refractivity contribution in [3.63, 3.8) is 0 Å². The van der Waals surface area contributed by atoms with Crippen molar-refractivity contribution >= 4 is 0 Å². The lowest BCUT2D eigenvalue weighted by atomic mass is 10.1. The van der Waals surface area contributed by atoms with Crippen molar-refractivity contribution in [3.05, 3.63) is 12.2 Å². The maximum absolute atomic E-state index is 9.26. The van der Waals surface area contributed by atoms with Crippen LogP contribution in [-0.4, -0.2) is 120 Å². The number of allylic oxidation sites excluding steroid dienone is 2. The summed E-state index contributed by atoms with van der Waals surface area (Å²) in [5, 5.41) is 37.0. The van der Waals surface area contributed by atoms with Crippen molar-refractivity contribution < 1.29 is 20.4 Å². The fourth-order valence-electron chi connectivity index (χ4n) is 5.19. The SMILES string of the molecule is CCCCCCCC/C=C\CCCCCCCCN(CCCN(CCO)CCO)CCCN(CCO)CCO. The molecule has 0 saturated heterocycles. The molecule has 0 aromatic rings. The second-order valence-electron chi connectivity index (χ2n) is 11.1. The van der Waals surface area contributed by atoms with Gasteiger partial charge in [-0.3, -0.25) is 9.80 Å². The molecule has 39 heavy (non-hydrogen) atoms. The number of unbranched alkanes of at least 4 members (excludes halogenated alkanes) is 12. The molecule has 0 aromatic heterocycles. The Labute approximate surface area is 242 Å². The molecule has 0 aliphatic heterocycles. The molecule has 0 saturated carbocycles. The minimum absolute atomic E-state index is 0.130. The number of rotatable bonds is 32. The Morgan fingerprint density at radius 3 is 1.05 bits per heavy atom. The summed E-state index contributed by atoms with van der Waals surface area (Å²) >= 11 is 0. The Hall–Kier alpha value is -0.540. The Bertz CT molecular complexity index is 462. The molecular weight excluding hydrogens is 490 g/mol. The number of aliphatic hydroxyl groups excluding tert-OH is 4. The van der Waals surface area contributed by atoms with Gasteiger partial charge in [-0.2, -0.15) is 0 Å². The van der Waals surface area contributed by atoms with Gasteiger partial charge < -0.3 is 25.3 Å². The van der Waals surface area contributed by atoms with Gasteiger partial charge >= 0.3 is 0 Å². The summed E-state index contributed by atoms with van der Waals surface area (Å²) in [6.07, 6.45) is 25.4. The predicted octanol–water partition coefficient (Wildman–Crippen LogP) is 4.68. The third-order valence-corrected chi connectivity index (χ3v) is 7.55. The summed E-state index contributed by atoms with van der Waals surface area (Å²) in [4.78, 5) is 6.82. The average molecular weight is 558 g/mol. The lowest BCUT2D eigenvalue weighted by Gasteiger charge is -2.27. The van der Waals surface area contributed by atoms with E-state index >= 15 is 0 Å². The monoisotopic (exact) mass is 558 g/mol. The van der Waals surface area contributed by atoms with Gasteiger partial charge in [-0.1, -0.05) is 76.9 Å². The van der Waals surface area contributed by atoms with E-state index in [1.807, 2.05) is 0 Å². The minimum atomic E-state index is 0.130. The zero-order valence-electron chi connectivity index (χ0n) is 25.8. The number of nitrogens with zero attached hydrogens (tertiary/aromatic N) is 3. The van der Waals surface area contributed by atoms with Gasteiger partial charge in [0, 0.05) is 26.2 Å². The van der Waals surface area contributed by atoms with E-state index in [4.69, 9.17) is 0 Å². The molecule has 0 spiro atoms. The van der Waals surface area contributed by atoms with Crippen LogP contribution in [0.25, 0.3) is 0 Å². The largest absolute Gasteiger partial charge is 0.395 e. The first kappa shape index (κ1) is 38.5. The maximum atomic E-state index is 9.26. The maximum Gasteiger partial charge on any atom is 0.0558 e. The van der Waals surface area contributed by atoms with Crippen LogP contribution in [-0.2, 0) is 0 Å². The van der Waals surface area contributed by atoms with E-state index in [1.165, 1.54) is 89.9 Å². The Morgan fingerprint density at radius 2 is 0.667 bits per heavy atom. The van der Waals surface area contributed by atoms with E-state index in [0.29, 0.717) is 26.2 Å². The molecule has 7 heteroatoms. The summed E-state index contributed by atoms with van der Waals surface area (Å²) < 4.78 is 0. The van der Waals surface area contributed by atoms with Crippen molar-refractivity contribution in [1.29, 1.82) is 0 Å². The zero-order chi connectivity index (χ0) is 28.7. The number of aliphatic hydroxyl groups is 4. The summed E-state index contributed by atoms with van der Waals surface area (Å²) in [6, 6.07) is 0. The first-order valence-corrected chi connectivity index (χ1v) is 16.5. The molecular formula is C32H67N3O4. The second kappa shape index (κ2) is 32.0. The molecule has 0 aromatic carbocycles. The molecule has 0 aliphatic carbocycles. The molecule has 234 valence electrons. The minimum Gasteiger partial charge on any atom is -0.395 e. The van der Waals surface area contributed by atoms with Crippen LogP contribution in [0.4, 0.5) is 0 Å².